The molecule has 2 aromatic carbocycles. The SMILES string of the molecule is Cc1ccc(C(C)C)cc1OCC(=O)N=Nc1c(O)n(C)c2c(C)cccc12. The normalized spacial score (nSPS) is 11.6. The maximum Gasteiger partial charge on any atom is 0.302 e. The molecule has 0 radical (unpaired) electrons. The van der Waals surface area contributed by atoms with Crippen molar-refractivity contribution in [2.24, 2.45) is 17.3 Å². The van der Waals surface area contributed by atoms with Crippen molar-refractivity contribution in [3.05, 3.63) is 53.1 Å². The van der Waals surface area contributed by atoms with Crippen LogP contribution in [0.3, 0.4) is 0 Å². The van der Waals surface area contributed by atoms with E-state index in [2.05, 4.69) is 30.1 Å². The number of benzene rings is 2. The predicted octanol–water partition coefficient (Wildman–Crippen LogP) is 5.31. The summed E-state index contributed by atoms with van der Waals surface area (Å²) >= 11 is 0. The standard InChI is InChI=1S/C22H25N3O3/c1-13(2)16-10-9-14(3)18(11-16)28-12-19(26)23-24-20-17-8-6-7-15(4)21(17)25(5)22(20)27/h6-11,13,27H,12H2,1-5H3. The van der Waals surface area contributed by atoms with Gasteiger partial charge in [0.15, 0.2) is 12.3 Å². The quantitative estimate of drug-likeness (QED) is 0.610. The first-order chi connectivity index (χ1) is 13.3. The molecule has 3 aromatic rings. The van der Waals surface area contributed by atoms with Gasteiger partial charge in [0, 0.05) is 12.4 Å². The molecule has 146 valence electrons. The predicted molar refractivity (Wildman–Crippen MR) is 110 cm³/mol. The van der Waals surface area contributed by atoms with Gasteiger partial charge in [-0.25, -0.2) is 0 Å². The summed E-state index contributed by atoms with van der Waals surface area (Å²) in [5, 5.41) is 18.8. The summed E-state index contributed by atoms with van der Waals surface area (Å²) in [6.45, 7) is 7.88. The van der Waals surface area contributed by atoms with E-state index in [4.69, 9.17) is 4.74 Å². The van der Waals surface area contributed by atoms with Crippen molar-refractivity contribution in [3.8, 4) is 11.6 Å². The summed E-state index contributed by atoms with van der Waals surface area (Å²) in [6, 6.07) is 11.7. The van der Waals surface area contributed by atoms with Crippen LogP contribution in [0, 0.1) is 13.8 Å². The summed E-state index contributed by atoms with van der Waals surface area (Å²) in [5.41, 5.74) is 4.25. The van der Waals surface area contributed by atoms with Gasteiger partial charge in [-0.1, -0.05) is 44.2 Å². The molecule has 6 nitrogen and oxygen atoms in total. The van der Waals surface area contributed by atoms with Gasteiger partial charge in [-0.15, -0.1) is 10.2 Å². The van der Waals surface area contributed by atoms with E-state index in [1.165, 1.54) is 0 Å². The fourth-order valence-corrected chi connectivity index (χ4v) is 3.18. The third-order valence-electron chi connectivity index (χ3n) is 4.85. The van der Waals surface area contributed by atoms with Crippen LogP contribution in [0.2, 0.25) is 0 Å². The van der Waals surface area contributed by atoms with E-state index in [1.54, 1.807) is 11.6 Å². The minimum absolute atomic E-state index is 0.0257. The van der Waals surface area contributed by atoms with Gasteiger partial charge < -0.3 is 14.4 Å². The van der Waals surface area contributed by atoms with E-state index >= 15 is 0 Å². The van der Waals surface area contributed by atoms with Gasteiger partial charge >= 0.3 is 5.91 Å². The lowest BCUT2D eigenvalue weighted by Crippen LogP contribution is -2.09. The van der Waals surface area contributed by atoms with Gasteiger partial charge in [-0.2, -0.15) is 0 Å². The monoisotopic (exact) mass is 379 g/mol. The Morgan fingerprint density at radius 3 is 2.64 bits per heavy atom. The summed E-state index contributed by atoms with van der Waals surface area (Å²) in [5.74, 6) is 0.496. The molecule has 1 aromatic heterocycles. The van der Waals surface area contributed by atoms with E-state index in [0.29, 0.717) is 11.7 Å². The number of azo groups is 1. The van der Waals surface area contributed by atoms with Crippen molar-refractivity contribution in [2.75, 3.05) is 6.61 Å². The number of aromatic nitrogens is 1. The molecule has 0 aliphatic heterocycles. The molecular formula is C22H25N3O3. The average Bonchev–Trinajstić information content (AvgIpc) is 2.90. The largest absolute Gasteiger partial charge is 0.493 e. The summed E-state index contributed by atoms with van der Waals surface area (Å²) in [4.78, 5) is 12.2. The van der Waals surface area contributed by atoms with Crippen molar-refractivity contribution >= 4 is 22.5 Å². The highest BCUT2D eigenvalue weighted by Gasteiger charge is 2.16. The Morgan fingerprint density at radius 2 is 1.93 bits per heavy atom. The second kappa shape index (κ2) is 7.84. The number of aryl methyl sites for hydroxylation is 3. The van der Waals surface area contributed by atoms with Gasteiger partial charge in [-0.05, 0) is 42.5 Å². The Morgan fingerprint density at radius 1 is 1.18 bits per heavy atom. The van der Waals surface area contributed by atoms with Crippen LogP contribution in [0.1, 0.15) is 36.5 Å². The van der Waals surface area contributed by atoms with Gasteiger partial charge in [0.25, 0.3) is 0 Å². The van der Waals surface area contributed by atoms with Crippen molar-refractivity contribution < 1.29 is 14.6 Å². The second-order valence-electron chi connectivity index (χ2n) is 7.26. The first-order valence-corrected chi connectivity index (χ1v) is 9.24. The smallest absolute Gasteiger partial charge is 0.302 e. The molecule has 0 atom stereocenters. The molecule has 6 heteroatoms. The summed E-state index contributed by atoms with van der Waals surface area (Å²) in [7, 11) is 1.75. The topological polar surface area (TPSA) is 76.2 Å². The molecule has 0 bridgehead atoms. The minimum atomic E-state index is -0.515. The molecular weight excluding hydrogens is 354 g/mol. The highest BCUT2D eigenvalue weighted by atomic mass is 16.5. The summed E-state index contributed by atoms with van der Waals surface area (Å²) < 4.78 is 7.29. The molecule has 3 rings (SSSR count). The third kappa shape index (κ3) is 3.76. The Bertz CT molecular complexity index is 1060. The Kier molecular flexibility index (Phi) is 5.49. The first-order valence-electron chi connectivity index (χ1n) is 9.24. The zero-order valence-electron chi connectivity index (χ0n) is 16.9. The number of fused-ring (bicyclic) bond motifs is 1. The van der Waals surface area contributed by atoms with Gasteiger partial charge in [-0.3, -0.25) is 4.79 Å². The number of ether oxygens (including phenoxy) is 1. The Labute approximate surface area is 164 Å². The fraction of sp³-hybridized carbons (Fsp3) is 0.318. The molecule has 1 amide bonds. The van der Waals surface area contributed by atoms with Crippen LogP contribution in [0.4, 0.5) is 5.69 Å². The van der Waals surface area contributed by atoms with Crippen LogP contribution in [-0.2, 0) is 11.8 Å². The van der Waals surface area contributed by atoms with Gasteiger partial charge in [0.1, 0.15) is 5.75 Å². The first kappa shape index (κ1) is 19.6. The lowest BCUT2D eigenvalue weighted by Gasteiger charge is -2.11. The van der Waals surface area contributed by atoms with Crippen LogP contribution >= 0.6 is 0 Å². The Balaban J connectivity index is 1.77. The molecule has 0 saturated carbocycles. The number of hydrogen-bond donors (Lipinski definition) is 1. The van der Waals surface area contributed by atoms with Crippen molar-refractivity contribution in [2.45, 2.75) is 33.6 Å². The maximum absolute atomic E-state index is 12.2. The molecule has 0 aliphatic carbocycles. The van der Waals surface area contributed by atoms with Crippen molar-refractivity contribution in [1.82, 2.24) is 4.57 Å². The van der Waals surface area contributed by atoms with E-state index < -0.39 is 5.91 Å². The molecule has 0 spiro atoms. The highest BCUT2D eigenvalue weighted by Crippen LogP contribution is 2.39. The van der Waals surface area contributed by atoms with Crippen LogP contribution in [0.15, 0.2) is 46.6 Å². The van der Waals surface area contributed by atoms with E-state index in [1.807, 2.05) is 44.2 Å². The van der Waals surface area contributed by atoms with E-state index in [0.717, 1.165) is 27.6 Å². The van der Waals surface area contributed by atoms with Gasteiger partial charge in [0.05, 0.1) is 5.52 Å². The number of aromatic hydroxyl groups is 1. The second-order valence-corrected chi connectivity index (χ2v) is 7.26. The van der Waals surface area contributed by atoms with Crippen LogP contribution in [-0.4, -0.2) is 22.2 Å². The molecule has 0 fully saturated rings. The van der Waals surface area contributed by atoms with Gasteiger partial charge in [0.2, 0.25) is 5.88 Å². The number of amides is 1. The molecule has 0 saturated heterocycles. The molecule has 0 unspecified atom stereocenters. The molecule has 1 N–H and O–H groups in total. The average molecular weight is 379 g/mol. The Hall–Kier alpha value is -3.15. The van der Waals surface area contributed by atoms with Crippen LogP contribution in [0.25, 0.3) is 10.9 Å². The zero-order chi connectivity index (χ0) is 20.4. The lowest BCUT2D eigenvalue weighted by molar-refractivity contribution is -0.120. The summed E-state index contributed by atoms with van der Waals surface area (Å²) in [6.07, 6.45) is 0. The number of nitrogens with zero attached hydrogens (tertiary/aromatic N) is 3. The molecule has 1 heterocycles. The lowest BCUT2D eigenvalue weighted by atomic mass is 10.0. The number of para-hydroxylation sites is 1. The highest BCUT2D eigenvalue weighted by molar-refractivity contribution is 5.97. The number of hydrogen-bond acceptors (Lipinski definition) is 4. The van der Waals surface area contributed by atoms with Crippen molar-refractivity contribution in [3.63, 3.8) is 0 Å². The van der Waals surface area contributed by atoms with E-state index in [9.17, 15) is 9.90 Å². The van der Waals surface area contributed by atoms with Crippen LogP contribution in [0.5, 0.6) is 11.6 Å². The fourth-order valence-electron chi connectivity index (χ4n) is 3.18. The van der Waals surface area contributed by atoms with Crippen molar-refractivity contribution in [1.29, 1.82) is 0 Å². The number of carbonyl (C=O) groups excluding carboxylic acids is 1. The maximum atomic E-state index is 12.2. The van der Waals surface area contributed by atoms with E-state index in [-0.39, 0.29) is 18.2 Å². The molecule has 28 heavy (non-hydrogen) atoms. The zero-order valence-corrected chi connectivity index (χ0v) is 16.9. The number of carbonyl (C=O) groups is 1. The van der Waals surface area contributed by atoms with Crippen LogP contribution < -0.4 is 4.74 Å². The third-order valence-corrected chi connectivity index (χ3v) is 4.85. The minimum Gasteiger partial charge on any atom is -0.493 e. The number of rotatable bonds is 5. The molecule has 0 aliphatic rings.